The third-order valence-corrected chi connectivity index (χ3v) is 2.70. The summed E-state index contributed by atoms with van der Waals surface area (Å²) < 4.78 is 5.06. The predicted octanol–water partition coefficient (Wildman–Crippen LogP) is 3.00. The minimum Gasteiger partial charge on any atom is -0.457 e. The van der Waals surface area contributed by atoms with Gasteiger partial charge in [0.1, 0.15) is 11.8 Å². The molecule has 0 saturated carbocycles. The molecular formula is C13H9ClN2O4. The second-order valence-corrected chi connectivity index (χ2v) is 4.26. The van der Waals surface area contributed by atoms with Crippen molar-refractivity contribution in [1.29, 1.82) is 0 Å². The summed E-state index contributed by atoms with van der Waals surface area (Å²) in [6.45, 7) is 0.0555. The fraction of sp³-hybridized carbons (Fsp3) is 0.0769. The second-order valence-electron chi connectivity index (χ2n) is 3.87. The molecule has 2 rings (SSSR count). The van der Waals surface area contributed by atoms with Crippen LogP contribution in [0.25, 0.3) is 0 Å². The van der Waals surface area contributed by atoms with Crippen molar-refractivity contribution in [3.8, 4) is 0 Å². The Bertz CT molecular complexity index is 626. The van der Waals surface area contributed by atoms with Crippen molar-refractivity contribution in [2.24, 2.45) is 0 Å². The lowest BCUT2D eigenvalue weighted by Gasteiger charge is -2.04. The highest BCUT2D eigenvalue weighted by Crippen LogP contribution is 2.13. The van der Waals surface area contributed by atoms with Gasteiger partial charge in [-0.2, -0.15) is 0 Å². The second kappa shape index (κ2) is 6.12. The van der Waals surface area contributed by atoms with E-state index in [4.69, 9.17) is 16.3 Å². The first-order valence-corrected chi connectivity index (χ1v) is 5.96. The Labute approximate surface area is 119 Å². The number of hydrogen-bond donors (Lipinski definition) is 0. The first kappa shape index (κ1) is 14.0. The molecule has 6 nitrogen and oxygen atoms in total. The largest absolute Gasteiger partial charge is 0.457 e. The van der Waals surface area contributed by atoms with E-state index in [1.807, 2.05) is 0 Å². The van der Waals surface area contributed by atoms with E-state index in [1.54, 1.807) is 12.1 Å². The van der Waals surface area contributed by atoms with E-state index in [-0.39, 0.29) is 17.9 Å². The number of aromatic nitrogens is 1. The van der Waals surface area contributed by atoms with Gasteiger partial charge in [0.25, 0.3) is 5.69 Å². The van der Waals surface area contributed by atoms with Gasteiger partial charge in [0, 0.05) is 23.9 Å². The number of pyridine rings is 1. The molecule has 0 aliphatic heterocycles. The molecule has 0 spiro atoms. The van der Waals surface area contributed by atoms with E-state index in [1.165, 1.54) is 30.5 Å². The molecule has 0 aliphatic rings. The summed E-state index contributed by atoms with van der Waals surface area (Å²) in [6.07, 6.45) is 1.51. The van der Waals surface area contributed by atoms with Crippen LogP contribution in [0.5, 0.6) is 0 Å². The van der Waals surface area contributed by atoms with Gasteiger partial charge >= 0.3 is 5.97 Å². The van der Waals surface area contributed by atoms with Crippen LogP contribution < -0.4 is 0 Å². The number of ether oxygens (including phenoxy) is 1. The Morgan fingerprint density at radius 3 is 2.50 bits per heavy atom. The van der Waals surface area contributed by atoms with Gasteiger partial charge in [0.05, 0.1) is 10.5 Å². The minimum absolute atomic E-state index is 0.0555. The number of rotatable bonds is 4. The van der Waals surface area contributed by atoms with Crippen LogP contribution in [-0.4, -0.2) is 15.9 Å². The number of nitro groups is 1. The molecule has 0 fully saturated rings. The van der Waals surface area contributed by atoms with E-state index in [2.05, 4.69) is 4.98 Å². The van der Waals surface area contributed by atoms with Crippen LogP contribution in [-0.2, 0) is 11.3 Å². The zero-order chi connectivity index (χ0) is 14.5. The SMILES string of the molecule is O=C(OCc1ccc(Cl)nc1)c1ccc([N+](=O)[O-])cc1. The van der Waals surface area contributed by atoms with Gasteiger partial charge in [-0.1, -0.05) is 17.7 Å². The molecule has 1 aromatic carbocycles. The zero-order valence-electron chi connectivity index (χ0n) is 10.2. The fourth-order valence-corrected chi connectivity index (χ4v) is 1.56. The fourth-order valence-electron chi connectivity index (χ4n) is 1.44. The molecule has 0 unspecified atom stereocenters. The number of hydrogen-bond acceptors (Lipinski definition) is 5. The van der Waals surface area contributed by atoms with E-state index in [9.17, 15) is 14.9 Å². The molecule has 0 amide bonds. The van der Waals surface area contributed by atoms with Crippen LogP contribution in [0.1, 0.15) is 15.9 Å². The van der Waals surface area contributed by atoms with Crippen molar-refractivity contribution in [3.63, 3.8) is 0 Å². The number of non-ortho nitro benzene ring substituents is 1. The summed E-state index contributed by atoms with van der Waals surface area (Å²) in [6, 6.07) is 8.48. The van der Waals surface area contributed by atoms with Gasteiger partial charge in [-0.3, -0.25) is 10.1 Å². The van der Waals surface area contributed by atoms with Gasteiger partial charge in [0.15, 0.2) is 0 Å². The lowest BCUT2D eigenvalue weighted by molar-refractivity contribution is -0.384. The van der Waals surface area contributed by atoms with Crippen LogP contribution in [0.3, 0.4) is 0 Å². The van der Waals surface area contributed by atoms with Crippen molar-refractivity contribution >= 4 is 23.3 Å². The molecule has 0 aliphatic carbocycles. The standard InChI is InChI=1S/C13H9ClN2O4/c14-12-6-1-9(7-15-12)8-20-13(17)10-2-4-11(5-3-10)16(18)19/h1-7H,8H2. The van der Waals surface area contributed by atoms with Crippen molar-refractivity contribution in [2.75, 3.05) is 0 Å². The number of nitrogens with zero attached hydrogens (tertiary/aromatic N) is 2. The first-order chi connectivity index (χ1) is 9.56. The Balaban J connectivity index is 1.97. The highest BCUT2D eigenvalue weighted by Gasteiger charge is 2.10. The van der Waals surface area contributed by atoms with Crippen molar-refractivity contribution in [1.82, 2.24) is 4.98 Å². The highest BCUT2D eigenvalue weighted by atomic mass is 35.5. The third-order valence-electron chi connectivity index (χ3n) is 2.47. The molecule has 0 N–H and O–H groups in total. The molecule has 20 heavy (non-hydrogen) atoms. The Kier molecular flexibility index (Phi) is 4.27. The third kappa shape index (κ3) is 3.52. The summed E-state index contributed by atoms with van der Waals surface area (Å²) in [4.78, 5) is 25.5. The topological polar surface area (TPSA) is 82.3 Å². The maximum atomic E-state index is 11.7. The number of carbonyl (C=O) groups is 1. The lowest BCUT2D eigenvalue weighted by Crippen LogP contribution is -2.05. The molecule has 0 bridgehead atoms. The van der Waals surface area contributed by atoms with Gasteiger partial charge in [-0.05, 0) is 18.2 Å². The molecule has 1 heterocycles. The average molecular weight is 293 g/mol. The number of esters is 1. The Morgan fingerprint density at radius 2 is 1.95 bits per heavy atom. The number of halogens is 1. The van der Waals surface area contributed by atoms with Crippen molar-refractivity contribution in [2.45, 2.75) is 6.61 Å². The predicted molar refractivity (Wildman–Crippen MR) is 71.5 cm³/mol. The molecule has 0 atom stereocenters. The van der Waals surface area contributed by atoms with Crippen LogP contribution >= 0.6 is 11.6 Å². The van der Waals surface area contributed by atoms with E-state index >= 15 is 0 Å². The molecule has 7 heteroatoms. The van der Waals surface area contributed by atoms with Gasteiger partial charge in [0.2, 0.25) is 0 Å². The quantitative estimate of drug-likeness (QED) is 0.374. The van der Waals surface area contributed by atoms with Gasteiger partial charge in [-0.25, -0.2) is 9.78 Å². The summed E-state index contributed by atoms with van der Waals surface area (Å²) in [5.41, 5.74) is 0.866. The molecule has 1 aromatic heterocycles. The monoisotopic (exact) mass is 292 g/mol. The van der Waals surface area contributed by atoms with Gasteiger partial charge < -0.3 is 4.74 Å². The van der Waals surface area contributed by atoms with Crippen LogP contribution in [0.4, 0.5) is 5.69 Å². The van der Waals surface area contributed by atoms with Gasteiger partial charge in [-0.15, -0.1) is 0 Å². The number of carbonyl (C=O) groups excluding carboxylic acids is 1. The number of benzene rings is 1. The maximum absolute atomic E-state index is 11.7. The molecule has 2 aromatic rings. The normalized spacial score (nSPS) is 10.1. The summed E-state index contributed by atoms with van der Waals surface area (Å²) in [7, 11) is 0. The molecule has 0 saturated heterocycles. The Morgan fingerprint density at radius 1 is 1.25 bits per heavy atom. The summed E-state index contributed by atoms with van der Waals surface area (Å²) >= 11 is 5.64. The maximum Gasteiger partial charge on any atom is 0.338 e. The zero-order valence-corrected chi connectivity index (χ0v) is 10.9. The molecular weight excluding hydrogens is 284 g/mol. The van der Waals surface area contributed by atoms with E-state index in [0.717, 1.165) is 0 Å². The first-order valence-electron chi connectivity index (χ1n) is 5.58. The van der Waals surface area contributed by atoms with Crippen LogP contribution in [0, 0.1) is 10.1 Å². The summed E-state index contributed by atoms with van der Waals surface area (Å²) in [5, 5.41) is 10.8. The lowest BCUT2D eigenvalue weighted by atomic mass is 10.2. The molecule has 102 valence electrons. The smallest absolute Gasteiger partial charge is 0.338 e. The Hall–Kier alpha value is -2.47. The summed E-state index contributed by atoms with van der Waals surface area (Å²) in [5.74, 6) is -0.560. The van der Waals surface area contributed by atoms with Crippen LogP contribution in [0.2, 0.25) is 5.15 Å². The molecule has 0 radical (unpaired) electrons. The van der Waals surface area contributed by atoms with E-state index in [0.29, 0.717) is 10.7 Å². The van der Waals surface area contributed by atoms with Crippen molar-refractivity contribution < 1.29 is 14.5 Å². The van der Waals surface area contributed by atoms with E-state index < -0.39 is 10.9 Å². The highest BCUT2D eigenvalue weighted by molar-refractivity contribution is 6.29. The van der Waals surface area contributed by atoms with Crippen molar-refractivity contribution in [3.05, 3.63) is 69.0 Å². The number of nitro benzene ring substituents is 1. The van der Waals surface area contributed by atoms with Crippen LogP contribution in [0.15, 0.2) is 42.6 Å². The minimum atomic E-state index is -0.560. The average Bonchev–Trinajstić information content (AvgIpc) is 2.46.